The number of fused-ring (bicyclic) bond motifs is 1. The molecule has 2 unspecified atom stereocenters. The van der Waals surface area contributed by atoms with Crippen molar-refractivity contribution in [2.45, 2.75) is 38.3 Å². The first kappa shape index (κ1) is 17.2. The lowest BCUT2D eigenvalue weighted by Crippen LogP contribution is -2.63. The van der Waals surface area contributed by atoms with Crippen LogP contribution in [-0.2, 0) is 0 Å². The van der Waals surface area contributed by atoms with Crippen molar-refractivity contribution in [2.24, 2.45) is 0 Å². The molecule has 1 aromatic heterocycles. The summed E-state index contributed by atoms with van der Waals surface area (Å²) in [6.45, 7) is 5.61. The number of hydrogen-bond donors (Lipinski definition) is 0. The molecular weight excluding hydrogens is 331 g/mol. The molecule has 4 rings (SSSR count). The van der Waals surface area contributed by atoms with Crippen LogP contribution in [0.5, 0.6) is 5.75 Å². The molecule has 26 heavy (non-hydrogen) atoms. The van der Waals surface area contributed by atoms with Crippen molar-refractivity contribution < 1.29 is 9.13 Å². The van der Waals surface area contributed by atoms with Gasteiger partial charge in [0.2, 0.25) is 5.95 Å². The van der Waals surface area contributed by atoms with Gasteiger partial charge in [-0.3, -0.25) is 4.90 Å². The Morgan fingerprint density at radius 3 is 2.81 bits per heavy atom. The maximum atomic E-state index is 13.3. The molecule has 0 saturated carbocycles. The highest BCUT2D eigenvalue weighted by Gasteiger charge is 2.39. The monoisotopic (exact) mass is 356 g/mol. The molecule has 2 aliphatic heterocycles. The Kier molecular flexibility index (Phi) is 5.02. The fourth-order valence-electron chi connectivity index (χ4n) is 4.13. The van der Waals surface area contributed by atoms with Crippen LogP contribution in [0.25, 0.3) is 0 Å². The summed E-state index contributed by atoms with van der Waals surface area (Å²) >= 11 is 0. The van der Waals surface area contributed by atoms with Crippen molar-refractivity contribution in [3.63, 3.8) is 0 Å². The smallest absolute Gasteiger partial charge is 0.225 e. The van der Waals surface area contributed by atoms with Crippen molar-refractivity contribution in [3.8, 4) is 5.75 Å². The Labute approximate surface area is 153 Å². The second-order valence-corrected chi connectivity index (χ2v) is 7.19. The van der Waals surface area contributed by atoms with Crippen LogP contribution in [0.2, 0.25) is 0 Å². The van der Waals surface area contributed by atoms with Gasteiger partial charge >= 0.3 is 0 Å². The van der Waals surface area contributed by atoms with Gasteiger partial charge in [-0.25, -0.2) is 14.4 Å². The third-order valence-corrected chi connectivity index (χ3v) is 5.41. The van der Waals surface area contributed by atoms with Crippen molar-refractivity contribution >= 4 is 5.95 Å². The molecule has 3 heterocycles. The number of piperidine rings is 1. The van der Waals surface area contributed by atoms with Crippen LogP contribution in [0.15, 0.2) is 36.7 Å². The van der Waals surface area contributed by atoms with Crippen molar-refractivity contribution in [2.75, 3.05) is 31.1 Å². The highest BCUT2D eigenvalue weighted by molar-refractivity contribution is 5.34. The topological polar surface area (TPSA) is 41.5 Å². The highest BCUT2D eigenvalue weighted by Crippen LogP contribution is 2.29. The largest absolute Gasteiger partial charge is 0.491 e. The van der Waals surface area contributed by atoms with Gasteiger partial charge in [0.25, 0.3) is 0 Å². The number of piperazine rings is 1. The Hall–Kier alpha value is -2.21. The molecule has 0 radical (unpaired) electrons. The van der Waals surface area contributed by atoms with Gasteiger partial charge in [0.15, 0.2) is 5.82 Å². The lowest BCUT2D eigenvalue weighted by Gasteiger charge is -2.49. The van der Waals surface area contributed by atoms with Crippen LogP contribution < -0.4 is 9.64 Å². The number of rotatable bonds is 4. The van der Waals surface area contributed by atoms with Gasteiger partial charge in [-0.1, -0.05) is 18.6 Å². The van der Waals surface area contributed by atoms with E-state index in [1.54, 1.807) is 0 Å². The first-order valence-electron chi connectivity index (χ1n) is 9.38. The molecule has 1 aromatic carbocycles. The Balaban J connectivity index is 1.56. The number of aryl methyl sites for hydroxylation is 1. The lowest BCUT2D eigenvalue weighted by molar-refractivity contribution is 0.0787. The second-order valence-electron chi connectivity index (χ2n) is 7.19. The Bertz CT molecular complexity index is 739. The molecule has 2 aromatic rings. The van der Waals surface area contributed by atoms with Crippen LogP contribution in [0.3, 0.4) is 0 Å². The van der Waals surface area contributed by atoms with Gasteiger partial charge in [0, 0.05) is 19.1 Å². The van der Waals surface area contributed by atoms with Gasteiger partial charge in [-0.2, -0.15) is 0 Å². The van der Waals surface area contributed by atoms with Crippen molar-refractivity contribution in [1.29, 1.82) is 0 Å². The first-order chi connectivity index (χ1) is 12.7. The standard InChI is InChI=1S/C20H25FN4O/c1-15-5-4-6-17(11-15)26-14-19-18-7-2-3-8-24(18)9-10-25(19)20-22-12-16(21)13-23-20/h4-6,11-13,18-19H,2-3,7-10,14H2,1H3. The predicted octanol–water partition coefficient (Wildman–Crippen LogP) is 3.05. The molecule has 0 amide bonds. The van der Waals surface area contributed by atoms with Crippen LogP contribution in [0.4, 0.5) is 10.3 Å². The summed E-state index contributed by atoms with van der Waals surface area (Å²) < 4.78 is 19.4. The predicted molar refractivity (Wildman–Crippen MR) is 99.0 cm³/mol. The molecule has 6 heteroatoms. The third-order valence-electron chi connectivity index (χ3n) is 5.41. The fraction of sp³-hybridized carbons (Fsp3) is 0.500. The number of benzene rings is 1. The van der Waals surface area contributed by atoms with Gasteiger partial charge < -0.3 is 9.64 Å². The molecule has 5 nitrogen and oxygen atoms in total. The number of ether oxygens (including phenoxy) is 1. The summed E-state index contributed by atoms with van der Waals surface area (Å²) in [6, 6.07) is 8.72. The third kappa shape index (κ3) is 3.65. The fourth-order valence-corrected chi connectivity index (χ4v) is 4.13. The first-order valence-corrected chi connectivity index (χ1v) is 9.38. The Morgan fingerprint density at radius 2 is 2.00 bits per heavy atom. The molecule has 2 fully saturated rings. The summed E-state index contributed by atoms with van der Waals surface area (Å²) in [7, 11) is 0. The summed E-state index contributed by atoms with van der Waals surface area (Å²) in [5.74, 6) is 1.07. The van der Waals surface area contributed by atoms with E-state index < -0.39 is 5.82 Å². The zero-order valence-corrected chi connectivity index (χ0v) is 15.1. The van der Waals surface area contributed by atoms with E-state index in [0.29, 0.717) is 18.6 Å². The van der Waals surface area contributed by atoms with E-state index in [2.05, 4.69) is 38.8 Å². The van der Waals surface area contributed by atoms with Crippen molar-refractivity contribution in [1.82, 2.24) is 14.9 Å². The molecule has 0 spiro atoms. The van der Waals surface area contributed by atoms with E-state index in [0.717, 1.165) is 31.8 Å². The summed E-state index contributed by atoms with van der Waals surface area (Å²) in [5, 5.41) is 0. The summed E-state index contributed by atoms with van der Waals surface area (Å²) in [5.41, 5.74) is 1.18. The molecule has 0 bridgehead atoms. The molecular formula is C20H25FN4O. The van der Waals surface area contributed by atoms with E-state index in [-0.39, 0.29) is 6.04 Å². The zero-order chi connectivity index (χ0) is 17.9. The number of aromatic nitrogens is 2. The number of halogens is 1. The van der Waals surface area contributed by atoms with E-state index in [4.69, 9.17) is 4.74 Å². The van der Waals surface area contributed by atoms with Crippen molar-refractivity contribution in [3.05, 3.63) is 48.0 Å². The molecule has 2 aliphatic rings. The quantitative estimate of drug-likeness (QED) is 0.842. The average Bonchev–Trinajstić information content (AvgIpc) is 2.67. The maximum absolute atomic E-state index is 13.3. The van der Waals surface area contributed by atoms with Gasteiger partial charge in [0.05, 0.1) is 18.4 Å². The van der Waals surface area contributed by atoms with E-state index >= 15 is 0 Å². The van der Waals surface area contributed by atoms with Gasteiger partial charge in [-0.15, -0.1) is 0 Å². The minimum Gasteiger partial charge on any atom is -0.491 e. The second kappa shape index (κ2) is 7.58. The minimum atomic E-state index is -0.405. The molecule has 2 saturated heterocycles. The normalized spacial score (nSPS) is 23.5. The van der Waals surface area contributed by atoms with Crippen LogP contribution in [-0.4, -0.2) is 53.2 Å². The molecule has 2 atom stereocenters. The van der Waals surface area contributed by atoms with Crippen LogP contribution >= 0.6 is 0 Å². The van der Waals surface area contributed by atoms with Crippen LogP contribution in [0.1, 0.15) is 24.8 Å². The minimum absolute atomic E-state index is 0.162. The molecule has 138 valence electrons. The SMILES string of the molecule is Cc1cccc(OCC2C3CCCCN3CCN2c2ncc(F)cn2)c1. The van der Waals surface area contributed by atoms with Crippen LogP contribution in [0, 0.1) is 12.7 Å². The number of hydrogen-bond acceptors (Lipinski definition) is 5. The van der Waals surface area contributed by atoms with E-state index in [9.17, 15) is 4.39 Å². The summed E-state index contributed by atoms with van der Waals surface area (Å²) in [4.78, 5) is 13.2. The highest BCUT2D eigenvalue weighted by atomic mass is 19.1. The van der Waals surface area contributed by atoms with E-state index in [1.807, 2.05) is 12.1 Å². The maximum Gasteiger partial charge on any atom is 0.225 e. The number of nitrogens with zero attached hydrogens (tertiary/aromatic N) is 4. The number of anilines is 1. The molecule has 0 aliphatic carbocycles. The van der Waals surface area contributed by atoms with Gasteiger partial charge in [0.1, 0.15) is 12.4 Å². The zero-order valence-electron chi connectivity index (χ0n) is 15.1. The lowest BCUT2D eigenvalue weighted by atomic mass is 9.92. The van der Waals surface area contributed by atoms with E-state index in [1.165, 1.54) is 30.8 Å². The Morgan fingerprint density at radius 1 is 1.15 bits per heavy atom. The molecule has 0 N–H and O–H groups in total. The summed E-state index contributed by atoms with van der Waals surface area (Å²) in [6.07, 6.45) is 6.14. The van der Waals surface area contributed by atoms with Gasteiger partial charge in [-0.05, 0) is 44.0 Å². The average molecular weight is 356 g/mol.